The molecule has 262 valence electrons. The van der Waals surface area contributed by atoms with E-state index in [1.165, 1.54) is 5.57 Å². The molecule has 7 aliphatic rings. The van der Waals surface area contributed by atoms with Gasteiger partial charge in [0.2, 0.25) is 0 Å². The Bertz CT molecular complexity index is 1550. The first-order chi connectivity index (χ1) is 22.7. The molecule has 0 radical (unpaired) electrons. The first-order valence-corrected chi connectivity index (χ1v) is 17.7. The predicted molar refractivity (Wildman–Crippen MR) is 176 cm³/mol. The molecule has 3 saturated carbocycles. The van der Waals surface area contributed by atoms with E-state index in [-0.39, 0.29) is 17.6 Å². The summed E-state index contributed by atoms with van der Waals surface area (Å²) in [6.45, 7) is 12.0. The normalized spacial score (nSPS) is 35.7. The first-order valence-electron chi connectivity index (χ1n) is 17.4. The third-order valence-corrected chi connectivity index (χ3v) is 12.2. The number of likely N-dealkylation sites (tertiary alicyclic amines) is 1. The fourth-order valence-corrected chi connectivity index (χ4v) is 9.58. The van der Waals surface area contributed by atoms with Crippen LogP contribution >= 0.6 is 11.6 Å². The van der Waals surface area contributed by atoms with E-state index in [1.54, 1.807) is 6.92 Å². The van der Waals surface area contributed by atoms with Gasteiger partial charge in [-0.3, -0.25) is 9.58 Å². The number of hydrogen-bond donors (Lipinski definition) is 0. The van der Waals surface area contributed by atoms with Gasteiger partial charge in [0, 0.05) is 67.5 Å². The summed E-state index contributed by atoms with van der Waals surface area (Å²) in [4.78, 5) is 19.6. The summed E-state index contributed by atoms with van der Waals surface area (Å²) in [7, 11) is 0. The van der Waals surface area contributed by atoms with Crippen molar-refractivity contribution >= 4 is 17.6 Å². The van der Waals surface area contributed by atoms with Crippen LogP contribution in [0, 0.1) is 10.8 Å². The van der Waals surface area contributed by atoms with Crippen molar-refractivity contribution in [2.75, 3.05) is 52.4 Å². The average Bonchev–Trinajstić information content (AvgIpc) is 3.49. The Kier molecular flexibility index (Phi) is 8.47. The van der Waals surface area contributed by atoms with Crippen LogP contribution in [0.4, 0.5) is 17.6 Å². The molecule has 0 aromatic carbocycles. The third-order valence-electron chi connectivity index (χ3n) is 11.9. The standard InChI is InChI=1S/C36H46ClF4N5O2/c1-4-48-31(47)28-19-42-46(30(28)36(39,40)41)27-6-5-13-44(20-27)29-18-26(37)9-12-33(29,3)25-7-10-32(2,11-8-25)45-16-14-43(15-17-45)24-34-21-35(38,22-34)23-34/h7-10,18-19,27H,4-6,11-17,20-24H2,1-3H3. The summed E-state index contributed by atoms with van der Waals surface area (Å²) in [5, 5.41) is 4.71. The SMILES string of the molecule is CCOC(=O)c1cnn(C2CCCN(C3=CC(Cl)=CCC3(C)C3=CCC(C)(N4CCN(CC56CC(F)(C5)C6)CC4)C=C3)C2)c1C(F)(F)F. The lowest BCUT2D eigenvalue weighted by Crippen LogP contribution is -2.69. The number of allylic oxidation sites excluding steroid dienone is 5. The Morgan fingerprint density at radius 2 is 1.81 bits per heavy atom. The molecular formula is C36H46ClF4N5O2. The van der Waals surface area contributed by atoms with E-state index in [0.29, 0.717) is 37.4 Å². The molecule has 5 aliphatic carbocycles. The first kappa shape index (κ1) is 33.8. The van der Waals surface area contributed by atoms with E-state index in [4.69, 9.17) is 16.3 Å². The van der Waals surface area contributed by atoms with Gasteiger partial charge in [-0.05, 0) is 82.8 Å². The minimum Gasteiger partial charge on any atom is -0.462 e. The molecule has 2 bridgehead atoms. The third kappa shape index (κ3) is 5.95. The van der Waals surface area contributed by atoms with Gasteiger partial charge in [0.1, 0.15) is 11.2 Å². The van der Waals surface area contributed by atoms with Gasteiger partial charge in [0.15, 0.2) is 5.69 Å². The maximum atomic E-state index is 14.3. The van der Waals surface area contributed by atoms with Crippen molar-refractivity contribution < 1.29 is 27.1 Å². The molecule has 3 atom stereocenters. The molecular weight excluding hydrogens is 646 g/mol. The second-order valence-corrected chi connectivity index (χ2v) is 15.9. The minimum absolute atomic E-state index is 0.0245. The maximum absolute atomic E-state index is 14.3. The Morgan fingerprint density at radius 1 is 1.08 bits per heavy atom. The summed E-state index contributed by atoms with van der Waals surface area (Å²) >= 11 is 6.60. The number of carbonyl (C=O) groups excluding carboxylic acids is 1. The lowest BCUT2D eigenvalue weighted by Gasteiger charge is -2.67. The fraction of sp³-hybridized carbons (Fsp3) is 0.667. The van der Waals surface area contributed by atoms with Crippen molar-refractivity contribution in [2.24, 2.45) is 10.8 Å². The van der Waals surface area contributed by atoms with Gasteiger partial charge >= 0.3 is 12.1 Å². The minimum atomic E-state index is -4.77. The van der Waals surface area contributed by atoms with Gasteiger partial charge < -0.3 is 14.5 Å². The van der Waals surface area contributed by atoms with Crippen LogP contribution in [0.25, 0.3) is 0 Å². The van der Waals surface area contributed by atoms with Crippen molar-refractivity contribution in [3.8, 4) is 0 Å². The monoisotopic (exact) mass is 691 g/mol. The quantitative estimate of drug-likeness (QED) is 0.211. The van der Waals surface area contributed by atoms with Crippen LogP contribution in [0.15, 0.2) is 52.9 Å². The van der Waals surface area contributed by atoms with Crippen molar-refractivity contribution in [3.63, 3.8) is 0 Å². The Balaban J connectivity index is 1.05. The largest absolute Gasteiger partial charge is 0.462 e. The molecule has 1 aromatic heterocycles. The number of rotatable bonds is 8. The highest BCUT2D eigenvalue weighted by Gasteiger charge is 2.69. The van der Waals surface area contributed by atoms with Gasteiger partial charge in [-0.25, -0.2) is 9.18 Å². The lowest BCUT2D eigenvalue weighted by atomic mass is 9.42. The zero-order valence-corrected chi connectivity index (χ0v) is 28.8. The van der Waals surface area contributed by atoms with Crippen LogP contribution in [0.2, 0.25) is 0 Å². The molecule has 0 N–H and O–H groups in total. The van der Waals surface area contributed by atoms with Crippen LogP contribution in [0.3, 0.4) is 0 Å². The molecule has 3 unspecified atom stereocenters. The van der Waals surface area contributed by atoms with Gasteiger partial charge in [0.05, 0.1) is 18.8 Å². The lowest BCUT2D eigenvalue weighted by molar-refractivity contribution is -0.223. The maximum Gasteiger partial charge on any atom is 0.433 e. The van der Waals surface area contributed by atoms with Crippen LogP contribution in [-0.4, -0.2) is 94.1 Å². The molecule has 2 saturated heterocycles. The highest BCUT2D eigenvalue weighted by Crippen LogP contribution is 2.69. The Morgan fingerprint density at radius 3 is 2.44 bits per heavy atom. The van der Waals surface area contributed by atoms with E-state index in [9.17, 15) is 22.4 Å². The van der Waals surface area contributed by atoms with Crippen LogP contribution < -0.4 is 0 Å². The number of carbonyl (C=O) groups is 1. The number of aromatic nitrogens is 2. The number of nitrogens with zero attached hydrogens (tertiary/aromatic N) is 5. The summed E-state index contributed by atoms with van der Waals surface area (Å²) in [5.74, 6) is -1.02. The van der Waals surface area contributed by atoms with Crippen molar-refractivity contribution in [2.45, 2.75) is 89.1 Å². The van der Waals surface area contributed by atoms with E-state index < -0.39 is 40.5 Å². The van der Waals surface area contributed by atoms with Crippen LogP contribution in [0.1, 0.15) is 87.8 Å². The molecule has 0 amide bonds. The van der Waals surface area contributed by atoms with Crippen LogP contribution in [-0.2, 0) is 10.9 Å². The molecule has 48 heavy (non-hydrogen) atoms. The highest BCUT2D eigenvalue weighted by atomic mass is 35.5. The smallest absolute Gasteiger partial charge is 0.433 e. The van der Waals surface area contributed by atoms with E-state index >= 15 is 0 Å². The molecule has 5 fully saturated rings. The van der Waals surface area contributed by atoms with Gasteiger partial charge in [-0.1, -0.05) is 35.9 Å². The number of alkyl halides is 4. The Hall–Kier alpha value is -2.63. The summed E-state index contributed by atoms with van der Waals surface area (Å²) in [6.07, 6.45) is 12.0. The summed E-state index contributed by atoms with van der Waals surface area (Å²) in [6, 6.07) is -0.584. The number of piperazine rings is 1. The molecule has 0 spiro atoms. The van der Waals surface area contributed by atoms with Gasteiger partial charge in [-0.2, -0.15) is 18.3 Å². The molecule has 2 aliphatic heterocycles. The number of esters is 1. The van der Waals surface area contributed by atoms with Crippen molar-refractivity contribution in [3.05, 3.63) is 64.1 Å². The second-order valence-electron chi connectivity index (χ2n) is 15.5. The average molecular weight is 692 g/mol. The number of piperidine rings is 1. The molecule has 12 heteroatoms. The summed E-state index contributed by atoms with van der Waals surface area (Å²) < 4.78 is 62.9. The van der Waals surface area contributed by atoms with E-state index in [1.807, 2.05) is 12.2 Å². The number of ether oxygens (including phenoxy) is 1. The zero-order valence-electron chi connectivity index (χ0n) is 28.1. The van der Waals surface area contributed by atoms with Crippen molar-refractivity contribution in [1.29, 1.82) is 0 Å². The highest BCUT2D eigenvalue weighted by molar-refractivity contribution is 6.31. The Labute approximate surface area is 285 Å². The van der Waals surface area contributed by atoms with Gasteiger partial charge in [-0.15, -0.1) is 0 Å². The van der Waals surface area contributed by atoms with Crippen LogP contribution in [0.5, 0.6) is 0 Å². The fourth-order valence-electron chi connectivity index (χ4n) is 9.40. The van der Waals surface area contributed by atoms with Gasteiger partial charge in [0.25, 0.3) is 0 Å². The molecule has 8 rings (SSSR count). The second kappa shape index (κ2) is 12.0. The zero-order chi connectivity index (χ0) is 34.1. The predicted octanol–water partition coefficient (Wildman–Crippen LogP) is 7.29. The number of hydrogen-bond acceptors (Lipinski definition) is 6. The molecule has 7 nitrogen and oxygen atoms in total. The molecule has 1 aromatic rings. The number of halogens is 5. The molecule has 3 heterocycles. The van der Waals surface area contributed by atoms with E-state index in [2.05, 4.69) is 51.9 Å². The van der Waals surface area contributed by atoms with Crippen molar-refractivity contribution in [1.82, 2.24) is 24.5 Å². The summed E-state index contributed by atoms with van der Waals surface area (Å²) in [5.41, 5.74) is -0.589. The topological polar surface area (TPSA) is 53.8 Å². The van der Waals surface area contributed by atoms with E-state index in [0.717, 1.165) is 75.0 Å².